The Labute approximate surface area is 93.9 Å². The Morgan fingerprint density at radius 2 is 1.87 bits per heavy atom. The van der Waals surface area contributed by atoms with Crippen molar-refractivity contribution in [1.29, 1.82) is 0 Å². The standard InChI is InChI=1S/C14H23N/c1-3-14(15-4-2)12-8-11-13-9-6-5-7-10-13/h5-7,9-10,14-15H,3-4,8,11-12H2,1-2H3. The molecule has 0 saturated carbocycles. The highest BCUT2D eigenvalue weighted by Gasteiger charge is 2.03. The molecule has 0 aliphatic rings. The third kappa shape index (κ3) is 4.98. The number of aryl methyl sites for hydroxylation is 1. The molecule has 15 heavy (non-hydrogen) atoms. The van der Waals surface area contributed by atoms with E-state index in [-0.39, 0.29) is 0 Å². The first kappa shape index (κ1) is 12.3. The van der Waals surface area contributed by atoms with Crippen molar-refractivity contribution in [3.05, 3.63) is 35.9 Å². The van der Waals surface area contributed by atoms with Crippen molar-refractivity contribution >= 4 is 0 Å². The van der Waals surface area contributed by atoms with Gasteiger partial charge in [0.1, 0.15) is 0 Å². The summed E-state index contributed by atoms with van der Waals surface area (Å²) < 4.78 is 0. The van der Waals surface area contributed by atoms with Crippen LogP contribution < -0.4 is 5.32 Å². The average molecular weight is 205 g/mol. The molecule has 1 nitrogen and oxygen atoms in total. The van der Waals surface area contributed by atoms with Crippen LogP contribution in [-0.4, -0.2) is 12.6 Å². The number of hydrogen-bond donors (Lipinski definition) is 1. The molecule has 0 spiro atoms. The normalized spacial score (nSPS) is 12.7. The summed E-state index contributed by atoms with van der Waals surface area (Å²) in [4.78, 5) is 0. The van der Waals surface area contributed by atoms with E-state index in [1.54, 1.807) is 0 Å². The van der Waals surface area contributed by atoms with Gasteiger partial charge in [0.15, 0.2) is 0 Å². The maximum atomic E-state index is 3.52. The van der Waals surface area contributed by atoms with Crippen molar-refractivity contribution in [2.24, 2.45) is 0 Å². The van der Waals surface area contributed by atoms with Crippen LogP contribution in [0.2, 0.25) is 0 Å². The van der Waals surface area contributed by atoms with E-state index in [9.17, 15) is 0 Å². The van der Waals surface area contributed by atoms with E-state index < -0.39 is 0 Å². The van der Waals surface area contributed by atoms with Gasteiger partial charge in [-0.2, -0.15) is 0 Å². The molecule has 0 saturated heterocycles. The molecule has 0 amide bonds. The molecule has 0 aliphatic carbocycles. The van der Waals surface area contributed by atoms with Crippen LogP contribution in [0.1, 0.15) is 38.7 Å². The number of hydrogen-bond acceptors (Lipinski definition) is 1. The predicted molar refractivity (Wildman–Crippen MR) is 67.1 cm³/mol. The summed E-state index contributed by atoms with van der Waals surface area (Å²) in [5.74, 6) is 0. The fourth-order valence-electron chi connectivity index (χ4n) is 1.94. The predicted octanol–water partition coefficient (Wildman–Crippen LogP) is 3.40. The minimum atomic E-state index is 0.707. The van der Waals surface area contributed by atoms with Crippen molar-refractivity contribution < 1.29 is 0 Å². The van der Waals surface area contributed by atoms with Crippen LogP contribution in [-0.2, 0) is 6.42 Å². The number of rotatable bonds is 7. The molecule has 1 rings (SSSR count). The van der Waals surface area contributed by atoms with Gasteiger partial charge in [-0.05, 0) is 37.8 Å². The highest BCUT2D eigenvalue weighted by Crippen LogP contribution is 2.08. The lowest BCUT2D eigenvalue weighted by molar-refractivity contribution is 0.467. The van der Waals surface area contributed by atoms with Crippen LogP contribution in [0.3, 0.4) is 0 Å². The van der Waals surface area contributed by atoms with E-state index in [1.165, 1.54) is 31.2 Å². The zero-order valence-corrected chi connectivity index (χ0v) is 10.00. The molecule has 0 aliphatic heterocycles. The molecule has 1 aromatic rings. The van der Waals surface area contributed by atoms with E-state index in [0.717, 1.165) is 6.54 Å². The lowest BCUT2D eigenvalue weighted by atomic mass is 10.0. The third-order valence-corrected chi connectivity index (χ3v) is 2.85. The largest absolute Gasteiger partial charge is 0.314 e. The Balaban J connectivity index is 2.20. The first-order valence-electron chi connectivity index (χ1n) is 6.14. The molecular formula is C14H23N. The van der Waals surface area contributed by atoms with Gasteiger partial charge in [0.25, 0.3) is 0 Å². The smallest absolute Gasteiger partial charge is 0.00644 e. The van der Waals surface area contributed by atoms with Gasteiger partial charge in [-0.25, -0.2) is 0 Å². The van der Waals surface area contributed by atoms with E-state index in [2.05, 4.69) is 49.5 Å². The molecular weight excluding hydrogens is 182 g/mol. The second-order valence-corrected chi connectivity index (χ2v) is 4.04. The van der Waals surface area contributed by atoms with Crippen molar-refractivity contribution in [3.8, 4) is 0 Å². The molecule has 1 aromatic carbocycles. The van der Waals surface area contributed by atoms with Gasteiger partial charge in [0.2, 0.25) is 0 Å². The fourth-order valence-corrected chi connectivity index (χ4v) is 1.94. The Kier molecular flexibility index (Phi) is 6.10. The van der Waals surface area contributed by atoms with Crippen LogP contribution in [0.4, 0.5) is 0 Å². The quantitative estimate of drug-likeness (QED) is 0.719. The maximum absolute atomic E-state index is 3.52. The van der Waals surface area contributed by atoms with Gasteiger partial charge in [0, 0.05) is 6.04 Å². The second kappa shape index (κ2) is 7.47. The Morgan fingerprint density at radius 3 is 2.47 bits per heavy atom. The van der Waals surface area contributed by atoms with Crippen molar-refractivity contribution in [2.45, 2.75) is 45.6 Å². The van der Waals surface area contributed by atoms with Crippen LogP contribution in [0.5, 0.6) is 0 Å². The number of benzene rings is 1. The molecule has 0 radical (unpaired) electrons. The molecule has 1 unspecified atom stereocenters. The summed E-state index contributed by atoms with van der Waals surface area (Å²) in [6, 6.07) is 11.5. The summed E-state index contributed by atoms with van der Waals surface area (Å²) in [5.41, 5.74) is 1.46. The zero-order valence-electron chi connectivity index (χ0n) is 10.00. The number of nitrogens with one attached hydrogen (secondary N) is 1. The second-order valence-electron chi connectivity index (χ2n) is 4.04. The highest BCUT2D eigenvalue weighted by atomic mass is 14.9. The van der Waals surface area contributed by atoms with Gasteiger partial charge in [-0.15, -0.1) is 0 Å². The van der Waals surface area contributed by atoms with Gasteiger partial charge in [-0.1, -0.05) is 44.2 Å². The van der Waals surface area contributed by atoms with E-state index in [4.69, 9.17) is 0 Å². The first-order chi connectivity index (χ1) is 7.36. The maximum Gasteiger partial charge on any atom is 0.00644 e. The fraction of sp³-hybridized carbons (Fsp3) is 0.571. The monoisotopic (exact) mass is 205 g/mol. The summed E-state index contributed by atoms with van der Waals surface area (Å²) in [6.45, 7) is 5.53. The van der Waals surface area contributed by atoms with E-state index >= 15 is 0 Å². The van der Waals surface area contributed by atoms with Gasteiger partial charge in [0.05, 0.1) is 0 Å². The summed E-state index contributed by atoms with van der Waals surface area (Å²) >= 11 is 0. The van der Waals surface area contributed by atoms with Crippen LogP contribution >= 0.6 is 0 Å². The van der Waals surface area contributed by atoms with Gasteiger partial charge in [-0.3, -0.25) is 0 Å². The minimum Gasteiger partial charge on any atom is -0.314 e. The van der Waals surface area contributed by atoms with Crippen molar-refractivity contribution in [1.82, 2.24) is 5.32 Å². The molecule has 0 bridgehead atoms. The lowest BCUT2D eigenvalue weighted by Crippen LogP contribution is -2.27. The van der Waals surface area contributed by atoms with Crippen LogP contribution in [0.15, 0.2) is 30.3 Å². The lowest BCUT2D eigenvalue weighted by Gasteiger charge is -2.15. The van der Waals surface area contributed by atoms with E-state index in [0.29, 0.717) is 6.04 Å². The SMILES string of the molecule is CCNC(CC)CCCc1ccccc1. The molecule has 1 heteroatoms. The Bertz CT molecular complexity index is 243. The van der Waals surface area contributed by atoms with Crippen molar-refractivity contribution in [2.75, 3.05) is 6.54 Å². The zero-order chi connectivity index (χ0) is 10.9. The van der Waals surface area contributed by atoms with Gasteiger partial charge >= 0.3 is 0 Å². The van der Waals surface area contributed by atoms with Crippen molar-refractivity contribution in [3.63, 3.8) is 0 Å². The van der Waals surface area contributed by atoms with Crippen LogP contribution in [0, 0.1) is 0 Å². The minimum absolute atomic E-state index is 0.707. The Morgan fingerprint density at radius 1 is 1.13 bits per heavy atom. The topological polar surface area (TPSA) is 12.0 Å². The molecule has 1 N–H and O–H groups in total. The van der Waals surface area contributed by atoms with E-state index in [1.807, 2.05) is 0 Å². The van der Waals surface area contributed by atoms with Gasteiger partial charge < -0.3 is 5.32 Å². The summed E-state index contributed by atoms with van der Waals surface area (Å²) in [6.07, 6.45) is 5.03. The third-order valence-electron chi connectivity index (χ3n) is 2.85. The Hall–Kier alpha value is -0.820. The summed E-state index contributed by atoms with van der Waals surface area (Å²) in [5, 5.41) is 3.52. The highest BCUT2D eigenvalue weighted by molar-refractivity contribution is 5.14. The summed E-state index contributed by atoms with van der Waals surface area (Å²) in [7, 11) is 0. The average Bonchev–Trinajstić information content (AvgIpc) is 2.29. The molecule has 0 fully saturated rings. The van der Waals surface area contributed by atoms with Crippen LogP contribution in [0.25, 0.3) is 0 Å². The molecule has 0 heterocycles. The molecule has 84 valence electrons. The first-order valence-corrected chi connectivity index (χ1v) is 6.14. The molecule has 0 aromatic heterocycles. The molecule has 1 atom stereocenters.